The van der Waals surface area contributed by atoms with E-state index in [-0.39, 0.29) is 19.0 Å². The molecular formula is C18H17N3O3. The molecule has 0 unspecified atom stereocenters. The number of carbonyl (C=O) groups excluding carboxylic acids is 1. The summed E-state index contributed by atoms with van der Waals surface area (Å²) in [4.78, 5) is 38.6. The molecule has 1 amide bonds. The lowest BCUT2D eigenvalue weighted by atomic mass is 10.1. The second kappa shape index (κ2) is 6.54. The van der Waals surface area contributed by atoms with Crippen molar-refractivity contribution in [3.63, 3.8) is 0 Å². The van der Waals surface area contributed by atoms with Crippen molar-refractivity contribution in [2.45, 2.75) is 13.5 Å². The highest BCUT2D eigenvalue weighted by Gasteiger charge is 2.10. The molecule has 24 heavy (non-hydrogen) atoms. The Kier molecular flexibility index (Phi) is 4.29. The molecule has 3 aromatic rings. The monoisotopic (exact) mass is 323 g/mol. The van der Waals surface area contributed by atoms with Crippen LogP contribution in [0.2, 0.25) is 0 Å². The Morgan fingerprint density at radius 1 is 1.08 bits per heavy atom. The Balaban J connectivity index is 1.81. The third-order valence-electron chi connectivity index (χ3n) is 3.89. The SMILES string of the molecule is Cc1ccccc1C(=O)NCCn1c(=O)c(=O)[nH]c2ccccc21. The molecule has 0 fully saturated rings. The number of H-pyrrole nitrogens is 1. The molecule has 2 N–H and O–H groups in total. The number of benzene rings is 2. The van der Waals surface area contributed by atoms with E-state index in [1.807, 2.05) is 19.1 Å². The number of nitrogens with zero attached hydrogens (tertiary/aromatic N) is 1. The third kappa shape index (κ3) is 2.99. The molecule has 0 saturated carbocycles. The van der Waals surface area contributed by atoms with Crippen molar-refractivity contribution in [1.29, 1.82) is 0 Å². The molecule has 0 saturated heterocycles. The van der Waals surface area contributed by atoms with Gasteiger partial charge in [-0.1, -0.05) is 30.3 Å². The van der Waals surface area contributed by atoms with Gasteiger partial charge in [-0.2, -0.15) is 0 Å². The summed E-state index contributed by atoms with van der Waals surface area (Å²) < 4.78 is 1.38. The zero-order chi connectivity index (χ0) is 17.1. The minimum Gasteiger partial charge on any atom is -0.350 e. The highest BCUT2D eigenvalue weighted by Crippen LogP contribution is 2.08. The van der Waals surface area contributed by atoms with Crippen molar-refractivity contribution in [2.24, 2.45) is 0 Å². The maximum atomic E-state index is 12.2. The number of amides is 1. The third-order valence-corrected chi connectivity index (χ3v) is 3.89. The number of carbonyl (C=O) groups is 1. The van der Waals surface area contributed by atoms with E-state index in [0.717, 1.165) is 5.56 Å². The van der Waals surface area contributed by atoms with Crippen molar-refractivity contribution in [3.8, 4) is 0 Å². The molecule has 2 aromatic carbocycles. The van der Waals surface area contributed by atoms with Gasteiger partial charge in [0.25, 0.3) is 5.91 Å². The van der Waals surface area contributed by atoms with Crippen LogP contribution in [-0.2, 0) is 6.54 Å². The first kappa shape index (κ1) is 15.7. The Morgan fingerprint density at radius 3 is 2.58 bits per heavy atom. The van der Waals surface area contributed by atoms with Crippen LogP contribution >= 0.6 is 0 Å². The molecular weight excluding hydrogens is 306 g/mol. The van der Waals surface area contributed by atoms with Crippen LogP contribution in [0.25, 0.3) is 11.0 Å². The first-order valence-corrected chi connectivity index (χ1v) is 7.63. The molecule has 1 aromatic heterocycles. The van der Waals surface area contributed by atoms with Gasteiger partial charge in [0.2, 0.25) is 0 Å². The van der Waals surface area contributed by atoms with Crippen molar-refractivity contribution >= 4 is 16.9 Å². The van der Waals surface area contributed by atoms with E-state index in [4.69, 9.17) is 0 Å². The van der Waals surface area contributed by atoms with E-state index in [1.165, 1.54) is 4.57 Å². The lowest BCUT2D eigenvalue weighted by Crippen LogP contribution is -2.39. The molecule has 0 aliphatic rings. The second-order valence-electron chi connectivity index (χ2n) is 5.50. The smallest absolute Gasteiger partial charge is 0.316 e. The average Bonchev–Trinajstić information content (AvgIpc) is 2.58. The van der Waals surface area contributed by atoms with Gasteiger partial charge in [-0.3, -0.25) is 14.4 Å². The Morgan fingerprint density at radius 2 is 1.79 bits per heavy atom. The van der Waals surface area contributed by atoms with Crippen LogP contribution in [0.4, 0.5) is 0 Å². The number of aromatic nitrogens is 2. The van der Waals surface area contributed by atoms with Gasteiger partial charge >= 0.3 is 11.1 Å². The molecule has 0 spiro atoms. The minimum atomic E-state index is -0.668. The fourth-order valence-electron chi connectivity index (χ4n) is 2.65. The van der Waals surface area contributed by atoms with Gasteiger partial charge in [0.05, 0.1) is 11.0 Å². The summed E-state index contributed by atoms with van der Waals surface area (Å²) in [6.45, 7) is 2.34. The van der Waals surface area contributed by atoms with Crippen LogP contribution in [-0.4, -0.2) is 22.0 Å². The van der Waals surface area contributed by atoms with Gasteiger partial charge in [0, 0.05) is 18.7 Å². The first-order valence-electron chi connectivity index (χ1n) is 7.63. The van der Waals surface area contributed by atoms with Gasteiger partial charge in [-0.15, -0.1) is 0 Å². The Bertz CT molecular complexity index is 1020. The summed E-state index contributed by atoms with van der Waals surface area (Å²) in [6, 6.07) is 14.4. The van der Waals surface area contributed by atoms with Gasteiger partial charge in [0.15, 0.2) is 0 Å². The second-order valence-corrected chi connectivity index (χ2v) is 5.50. The van der Waals surface area contributed by atoms with E-state index in [9.17, 15) is 14.4 Å². The normalized spacial score (nSPS) is 10.7. The molecule has 122 valence electrons. The number of hydrogen-bond donors (Lipinski definition) is 2. The fourth-order valence-corrected chi connectivity index (χ4v) is 2.65. The maximum Gasteiger partial charge on any atom is 0.316 e. The van der Waals surface area contributed by atoms with E-state index < -0.39 is 11.1 Å². The van der Waals surface area contributed by atoms with Crippen LogP contribution < -0.4 is 16.4 Å². The number of fused-ring (bicyclic) bond motifs is 1. The van der Waals surface area contributed by atoms with Crippen LogP contribution in [0.15, 0.2) is 58.1 Å². The van der Waals surface area contributed by atoms with Crippen LogP contribution in [0.5, 0.6) is 0 Å². The topological polar surface area (TPSA) is 84.0 Å². The molecule has 3 rings (SSSR count). The highest BCUT2D eigenvalue weighted by molar-refractivity contribution is 5.95. The van der Waals surface area contributed by atoms with Crippen LogP contribution in [0.3, 0.4) is 0 Å². The van der Waals surface area contributed by atoms with Crippen molar-refractivity contribution in [1.82, 2.24) is 14.9 Å². The standard InChI is InChI=1S/C18H17N3O3/c1-12-6-2-3-7-13(12)16(22)19-10-11-21-15-9-5-4-8-14(15)20-17(23)18(21)24/h2-9H,10-11H2,1H3,(H,19,22)(H,20,23). The summed E-state index contributed by atoms with van der Waals surface area (Å²) >= 11 is 0. The Hall–Kier alpha value is -3.15. The summed E-state index contributed by atoms with van der Waals surface area (Å²) in [7, 11) is 0. The van der Waals surface area contributed by atoms with Crippen LogP contribution in [0.1, 0.15) is 15.9 Å². The molecule has 0 atom stereocenters. The molecule has 0 radical (unpaired) electrons. The van der Waals surface area contributed by atoms with Gasteiger partial charge in [-0.25, -0.2) is 0 Å². The zero-order valence-electron chi connectivity index (χ0n) is 13.2. The summed E-state index contributed by atoms with van der Waals surface area (Å²) in [5, 5.41) is 2.79. The average molecular weight is 323 g/mol. The number of aryl methyl sites for hydroxylation is 1. The molecule has 0 aliphatic carbocycles. The molecule has 6 nitrogen and oxygen atoms in total. The van der Waals surface area contributed by atoms with Crippen molar-refractivity contribution in [3.05, 3.63) is 80.4 Å². The minimum absolute atomic E-state index is 0.199. The number of aromatic amines is 1. The Labute approximate surface area is 137 Å². The van der Waals surface area contributed by atoms with Gasteiger partial charge in [0.1, 0.15) is 0 Å². The number of nitrogens with one attached hydrogen (secondary N) is 2. The highest BCUT2D eigenvalue weighted by atomic mass is 16.2. The predicted molar refractivity (Wildman–Crippen MR) is 92.3 cm³/mol. The van der Waals surface area contributed by atoms with E-state index >= 15 is 0 Å². The summed E-state index contributed by atoms with van der Waals surface area (Å²) in [5.41, 5.74) is 1.41. The lowest BCUT2D eigenvalue weighted by Gasteiger charge is -2.11. The van der Waals surface area contributed by atoms with E-state index in [2.05, 4.69) is 10.3 Å². The number of rotatable bonds is 4. The lowest BCUT2D eigenvalue weighted by molar-refractivity contribution is 0.0951. The predicted octanol–water partition coefficient (Wildman–Crippen LogP) is 1.43. The summed E-state index contributed by atoms with van der Waals surface area (Å²) in [6.07, 6.45) is 0. The van der Waals surface area contributed by atoms with Crippen LogP contribution in [0, 0.1) is 6.92 Å². The first-order chi connectivity index (χ1) is 11.6. The van der Waals surface area contributed by atoms with Crippen molar-refractivity contribution in [2.75, 3.05) is 6.54 Å². The molecule has 1 heterocycles. The van der Waals surface area contributed by atoms with Gasteiger partial charge < -0.3 is 14.9 Å². The van der Waals surface area contributed by atoms with E-state index in [1.54, 1.807) is 36.4 Å². The van der Waals surface area contributed by atoms with E-state index in [0.29, 0.717) is 16.6 Å². The van der Waals surface area contributed by atoms with Crippen molar-refractivity contribution < 1.29 is 4.79 Å². The zero-order valence-corrected chi connectivity index (χ0v) is 13.2. The fraction of sp³-hybridized carbons (Fsp3) is 0.167. The van der Waals surface area contributed by atoms with Gasteiger partial charge in [-0.05, 0) is 30.7 Å². The maximum absolute atomic E-state index is 12.2. The number of para-hydroxylation sites is 2. The molecule has 0 aliphatic heterocycles. The quantitative estimate of drug-likeness (QED) is 0.712. The number of hydrogen-bond acceptors (Lipinski definition) is 3. The molecule has 6 heteroatoms. The largest absolute Gasteiger partial charge is 0.350 e. The molecule has 0 bridgehead atoms. The summed E-state index contributed by atoms with van der Waals surface area (Å²) in [5.74, 6) is -0.199.